The van der Waals surface area contributed by atoms with Crippen LogP contribution in [-0.4, -0.2) is 48.2 Å². The van der Waals surface area contributed by atoms with Crippen molar-refractivity contribution in [3.63, 3.8) is 0 Å². The van der Waals surface area contributed by atoms with E-state index >= 15 is 0 Å². The fourth-order valence-electron chi connectivity index (χ4n) is 1.17. The van der Waals surface area contributed by atoms with E-state index in [-0.39, 0.29) is 12.3 Å². The fourth-order valence-corrected chi connectivity index (χ4v) is 1.64. The number of rotatable bonds is 10. The van der Waals surface area contributed by atoms with E-state index in [0.29, 0.717) is 25.4 Å². The van der Waals surface area contributed by atoms with Crippen LogP contribution in [-0.2, 0) is 14.3 Å². The normalized spacial score (nSPS) is 12.1. The molecule has 0 spiro atoms. The van der Waals surface area contributed by atoms with Crippen LogP contribution in [0.5, 0.6) is 0 Å². The highest BCUT2D eigenvalue weighted by molar-refractivity contribution is 7.98. The van der Waals surface area contributed by atoms with Gasteiger partial charge in [0, 0.05) is 13.0 Å². The van der Waals surface area contributed by atoms with E-state index in [1.165, 1.54) is 0 Å². The van der Waals surface area contributed by atoms with Crippen LogP contribution >= 0.6 is 11.8 Å². The van der Waals surface area contributed by atoms with Crippen molar-refractivity contribution in [1.29, 1.82) is 0 Å². The summed E-state index contributed by atoms with van der Waals surface area (Å²) in [7, 11) is 0. The van der Waals surface area contributed by atoms with Gasteiger partial charge < -0.3 is 15.2 Å². The molecule has 0 saturated heterocycles. The zero-order chi connectivity index (χ0) is 13.1. The number of nitrogens with one attached hydrogen (secondary N) is 1. The topological polar surface area (TPSA) is 75.6 Å². The summed E-state index contributed by atoms with van der Waals surface area (Å²) in [6.45, 7) is 2.96. The zero-order valence-electron chi connectivity index (χ0n) is 10.4. The summed E-state index contributed by atoms with van der Waals surface area (Å²) in [5, 5.41) is 11.4. The Morgan fingerprint density at radius 2 is 2.12 bits per heavy atom. The number of thioether (sulfide) groups is 1. The van der Waals surface area contributed by atoms with Gasteiger partial charge in [-0.05, 0) is 24.9 Å². The first-order valence-corrected chi connectivity index (χ1v) is 7.10. The smallest absolute Gasteiger partial charge is 0.326 e. The van der Waals surface area contributed by atoms with Crippen molar-refractivity contribution in [3.05, 3.63) is 0 Å². The minimum atomic E-state index is -0.984. The monoisotopic (exact) mass is 263 g/mol. The molecule has 0 saturated carbocycles. The van der Waals surface area contributed by atoms with Gasteiger partial charge in [0.25, 0.3) is 0 Å². The van der Waals surface area contributed by atoms with Gasteiger partial charge in [-0.1, -0.05) is 6.92 Å². The molecule has 6 heteroatoms. The maximum Gasteiger partial charge on any atom is 0.326 e. The molecular weight excluding hydrogens is 242 g/mol. The second-order valence-electron chi connectivity index (χ2n) is 3.60. The molecule has 0 heterocycles. The number of ether oxygens (including phenoxy) is 1. The summed E-state index contributed by atoms with van der Waals surface area (Å²) < 4.78 is 5.16. The molecule has 0 aliphatic heterocycles. The molecule has 0 unspecified atom stereocenters. The van der Waals surface area contributed by atoms with Gasteiger partial charge in [-0.3, -0.25) is 4.79 Å². The summed E-state index contributed by atoms with van der Waals surface area (Å²) in [6, 6.07) is -0.791. The summed E-state index contributed by atoms with van der Waals surface area (Å²) in [4.78, 5) is 22.3. The van der Waals surface area contributed by atoms with E-state index in [1.54, 1.807) is 11.8 Å². The van der Waals surface area contributed by atoms with Crippen molar-refractivity contribution in [1.82, 2.24) is 5.32 Å². The van der Waals surface area contributed by atoms with Crippen LogP contribution in [0.15, 0.2) is 0 Å². The maximum atomic E-state index is 11.4. The van der Waals surface area contributed by atoms with Crippen LogP contribution in [0, 0.1) is 0 Å². The quantitative estimate of drug-likeness (QED) is 0.578. The van der Waals surface area contributed by atoms with Gasteiger partial charge in [-0.25, -0.2) is 4.79 Å². The second-order valence-corrected chi connectivity index (χ2v) is 4.59. The van der Waals surface area contributed by atoms with Gasteiger partial charge in [0.1, 0.15) is 6.04 Å². The summed E-state index contributed by atoms with van der Waals surface area (Å²) >= 11 is 1.56. The number of carboxylic acid groups (broad SMARTS) is 1. The molecule has 0 radical (unpaired) electrons. The van der Waals surface area contributed by atoms with Crippen molar-refractivity contribution >= 4 is 23.6 Å². The predicted octanol–water partition coefficient (Wildman–Crippen LogP) is 1.13. The van der Waals surface area contributed by atoms with Gasteiger partial charge in [0.05, 0.1) is 6.61 Å². The maximum absolute atomic E-state index is 11.4. The van der Waals surface area contributed by atoms with Gasteiger partial charge in [-0.2, -0.15) is 11.8 Å². The second kappa shape index (κ2) is 10.4. The van der Waals surface area contributed by atoms with Crippen molar-refractivity contribution in [2.24, 2.45) is 0 Å². The lowest BCUT2D eigenvalue weighted by Gasteiger charge is -2.13. The van der Waals surface area contributed by atoms with Crippen LogP contribution in [0.3, 0.4) is 0 Å². The molecule has 0 aliphatic carbocycles. The Hall–Kier alpha value is -0.750. The number of carbonyl (C=O) groups excluding carboxylic acids is 1. The van der Waals surface area contributed by atoms with Gasteiger partial charge in [0.15, 0.2) is 0 Å². The first-order valence-electron chi connectivity index (χ1n) is 5.70. The number of hydrogen-bond acceptors (Lipinski definition) is 4. The minimum absolute atomic E-state index is 0.211. The number of hydrogen-bond donors (Lipinski definition) is 2. The van der Waals surface area contributed by atoms with Gasteiger partial charge >= 0.3 is 5.97 Å². The molecule has 0 aliphatic rings. The Balaban J connectivity index is 3.83. The molecular formula is C11H21NO4S. The molecule has 0 fully saturated rings. The van der Waals surface area contributed by atoms with Crippen LogP contribution < -0.4 is 5.32 Å². The molecule has 17 heavy (non-hydrogen) atoms. The van der Waals surface area contributed by atoms with Crippen LogP contribution in [0.1, 0.15) is 26.2 Å². The van der Waals surface area contributed by atoms with E-state index in [2.05, 4.69) is 5.32 Å². The lowest BCUT2D eigenvalue weighted by molar-refractivity contribution is -0.142. The van der Waals surface area contributed by atoms with Crippen LogP contribution in [0.2, 0.25) is 0 Å². The third-order valence-corrected chi connectivity index (χ3v) is 2.71. The van der Waals surface area contributed by atoms with Crippen LogP contribution in [0.25, 0.3) is 0 Å². The molecule has 0 bridgehead atoms. The van der Waals surface area contributed by atoms with E-state index in [0.717, 1.165) is 6.42 Å². The SMILES string of the molecule is CCCOCCC(=O)N[C@@H](CCSC)C(=O)O. The van der Waals surface area contributed by atoms with Crippen molar-refractivity contribution in [2.45, 2.75) is 32.2 Å². The molecule has 100 valence electrons. The molecule has 0 aromatic carbocycles. The molecule has 0 rings (SSSR count). The molecule has 1 atom stereocenters. The Morgan fingerprint density at radius 1 is 1.41 bits per heavy atom. The predicted molar refractivity (Wildman–Crippen MR) is 68.3 cm³/mol. The molecule has 0 aromatic rings. The summed E-state index contributed by atoms with van der Waals surface area (Å²) in [5.74, 6) is -0.541. The number of carboxylic acids is 1. The number of amides is 1. The molecule has 1 amide bonds. The van der Waals surface area contributed by atoms with Crippen molar-refractivity contribution in [2.75, 3.05) is 25.2 Å². The van der Waals surface area contributed by atoms with Crippen molar-refractivity contribution in [3.8, 4) is 0 Å². The highest BCUT2D eigenvalue weighted by Crippen LogP contribution is 2.01. The number of aliphatic carboxylic acids is 1. The molecule has 5 nitrogen and oxygen atoms in total. The lowest BCUT2D eigenvalue weighted by atomic mass is 10.2. The van der Waals surface area contributed by atoms with Gasteiger partial charge in [0.2, 0.25) is 5.91 Å². The Bertz CT molecular complexity index is 236. The van der Waals surface area contributed by atoms with E-state index in [4.69, 9.17) is 9.84 Å². The van der Waals surface area contributed by atoms with E-state index < -0.39 is 12.0 Å². The zero-order valence-corrected chi connectivity index (χ0v) is 11.2. The fraction of sp³-hybridized carbons (Fsp3) is 0.818. The largest absolute Gasteiger partial charge is 0.480 e. The average molecular weight is 263 g/mol. The highest BCUT2D eigenvalue weighted by Gasteiger charge is 2.18. The first-order chi connectivity index (χ1) is 8.11. The highest BCUT2D eigenvalue weighted by atomic mass is 32.2. The average Bonchev–Trinajstić information content (AvgIpc) is 2.29. The number of carbonyl (C=O) groups is 2. The van der Waals surface area contributed by atoms with Gasteiger partial charge in [-0.15, -0.1) is 0 Å². The lowest BCUT2D eigenvalue weighted by Crippen LogP contribution is -2.41. The van der Waals surface area contributed by atoms with E-state index in [1.807, 2.05) is 13.2 Å². The van der Waals surface area contributed by atoms with Crippen molar-refractivity contribution < 1.29 is 19.4 Å². The van der Waals surface area contributed by atoms with E-state index in [9.17, 15) is 9.59 Å². The standard InChI is InChI=1S/C11H21NO4S/c1-3-6-16-7-4-10(13)12-9(11(14)15)5-8-17-2/h9H,3-8H2,1-2H3,(H,12,13)(H,14,15)/t9-/m0/s1. The Labute approximate surface area is 106 Å². The first kappa shape index (κ1) is 16.2. The molecule has 0 aromatic heterocycles. The minimum Gasteiger partial charge on any atom is -0.480 e. The third kappa shape index (κ3) is 9.00. The Morgan fingerprint density at radius 3 is 2.65 bits per heavy atom. The van der Waals surface area contributed by atoms with Crippen LogP contribution in [0.4, 0.5) is 0 Å². The molecule has 2 N–H and O–H groups in total. The third-order valence-electron chi connectivity index (χ3n) is 2.07. The summed E-state index contributed by atoms with van der Waals surface area (Å²) in [5.41, 5.74) is 0. The summed E-state index contributed by atoms with van der Waals surface area (Å²) in [6.07, 6.45) is 3.47. The Kier molecular flexibility index (Phi) is 9.95.